The summed E-state index contributed by atoms with van der Waals surface area (Å²) in [6.45, 7) is 2.30. The van der Waals surface area contributed by atoms with E-state index in [1.165, 1.54) is 0 Å². The van der Waals surface area contributed by atoms with Gasteiger partial charge in [-0.05, 0) is 38.5 Å². The van der Waals surface area contributed by atoms with Gasteiger partial charge in [0, 0.05) is 0 Å². The summed E-state index contributed by atoms with van der Waals surface area (Å²) in [6, 6.07) is 0. The fourth-order valence-electron chi connectivity index (χ4n) is 1.48. The molecule has 0 amide bonds. The van der Waals surface area contributed by atoms with Gasteiger partial charge in [-0.2, -0.15) is 0 Å². The maximum atomic E-state index is 8.55. The molecule has 0 aliphatic rings. The lowest BCUT2D eigenvalue weighted by Crippen LogP contribution is -1.71. The van der Waals surface area contributed by atoms with Crippen LogP contribution in [0.3, 0.4) is 0 Å². The largest absolute Gasteiger partial charge is 0.392 e. The van der Waals surface area contributed by atoms with E-state index in [-0.39, 0.29) is 6.61 Å². The van der Waals surface area contributed by atoms with E-state index in [0.717, 1.165) is 38.5 Å². The molecule has 0 saturated carbocycles. The molecule has 0 aromatic heterocycles. The second kappa shape index (κ2) is 16.7. The van der Waals surface area contributed by atoms with E-state index >= 15 is 0 Å². The van der Waals surface area contributed by atoms with Crippen LogP contribution >= 0.6 is 0 Å². The molecule has 0 aliphatic carbocycles. The van der Waals surface area contributed by atoms with Crippen LogP contribution in [0.25, 0.3) is 0 Å². The zero-order chi connectivity index (χ0) is 14.0. The van der Waals surface area contributed by atoms with E-state index in [4.69, 9.17) is 5.11 Å². The Morgan fingerprint density at radius 2 is 1.00 bits per heavy atom. The standard InChI is InChI=1S/C18H28O/c1-2-3-4-5-6-7-8-9-10-11-12-13-14-15-16-17-18-19/h3-4,6-7,9-10,12-13,16-17,19H,2,5,8,11,14-15,18H2,1H3/b4-3+,7-6+,10-9+,13-12+,17-16+. The Morgan fingerprint density at radius 3 is 1.47 bits per heavy atom. The van der Waals surface area contributed by atoms with Gasteiger partial charge in [0.15, 0.2) is 0 Å². The monoisotopic (exact) mass is 260 g/mol. The van der Waals surface area contributed by atoms with E-state index in [1.807, 2.05) is 6.08 Å². The first-order chi connectivity index (χ1) is 9.41. The number of aliphatic hydroxyl groups is 1. The Labute approximate surface area is 118 Å². The molecule has 106 valence electrons. The third-order valence-corrected chi connectivity index (χ3v) is 2.49. The van der Waals surface area contributed by atoms with Crippen molar-refractivity contribution in [1.82, 2.24) is 0 Å². The summed E-state index contributed by atoms with van der Waals surface area (Å²) < 4.78 is 0. The fourth-order valence-corrected chi connectivity index (χ4v) is 1.48. The van der Waals surface area contributed by atoms with Crippen molar-refractivity contribution in [3.63, 3.8) is 0 Å². The number of aliphatic hydroxyl groups excluding tert-OH is 1. The molecule has 1 nitrogen and oxygen atoms in total. The molecule has 0 bridgehead atoms. The molecule has 0 rings (SSSR count). The van der Waals surface area contributed by atoms with Crippen molar-refractivity contribution in [3.8, 4) is 0 Å². The van der Waals surface area contributed by atoms with E-state index in [0.29, 0.717) is 0 Å². The minimum atomic E-state index is 0.147. The summed E-state index contributed by atoms with van der Waals surface area (Å²) in [6.07, 6.45) is 27.7. The highest BCUT2D eigenvalue weighted by Gasteiger charge is 1.77. The van der Waals surface area contributed by atoms with Crippen molar-refractivity contribution in [2.24, 2.45) is 0 Å². The summed E-state index contributed by atoms with van der Waals surface area (Å²) in [4.78, 5) is 0. The van der Waals surface area contributed by atoms with Gasteiger partial charge in [0.2, 0.25) is 0 Å². The van der Waals surface area contributed by atoms with Crippen LogP contribution in [0.15, 0.2) is 60.8 Å². The van der Waals surface area contributed by atoms with E-state index < -0.39 is 0 Å². The van der Waals surface area contributed by atoms with Crippen molar-refractivity contribution in [3.05, 3.63) is 60.8 Å². The first kappa shape index (κ1) is 17.7. The summed E-state index contributed by atoms with van der Waals surface area (Å²) in [5.41, 5.74) is 0. The SMILES string of the molecule is CC/C=C/C/C=C/C/C=C/C/C=C/CC/C=C/CO. The highest BCUT2D eigenvalue weighted by molar-refractivity contribution is 4.99. The van der Waals surface area contributed by atoms with E-state index in [9.17, 15) is 0 Å². The van der Waals surface area contributed by atoms with Crippen LogP contribution in [0.4, 0.5) is 0 Å². The molecule has 0 spiro atoms. The minimum absolute atomic E-state index is 0.147. The average Bonchev–Trinajstić information content (AvgIpc) is 2.43. The Bertz CT molecular complexity index is 306. The third-order valence-electron chi connectivity index (χ3n) is 2.49. The maximum absolute atomic E-state index is 8.55. The fraction of sp³-hybridized carbons (Fsp3) is 0.444. The summed E-state index contributed by atoms with van der Waals surface area (Å²) >= 11 is 0. The maximum Gasteiger partial charge on any atom is 0.0612 e. The lowest BCUT2D eigenvalue weighted by atomic mass is 10.2. The molecule has 0 aromatic carbocycles. The number of unbranched alkanes of at least 4 members (excludes halogenated alkanes) is 1. The molecule has 0 saturated heterocycles. The number of allylic oxidation sites excluding steroid dienone is 9. The first-order valence-electron chi connectivity index (χ1n) is 7.27. The van der Waals surface area contributed by atoms with Crippen LogP contribution in [0.1, 0.15) is 45.4 Å². The first-order valence-corrected chi connectivity index (χ1v) is 7.27. The molecule has 1 heteroatoms. The topological polar surface area (TPSA) is 20.2 Å². The predicted octanol–water partition coefficient (Wildman–Crippen LogP) is 5.12. The minimum Gasteiger partial charge on any atom is -0.392 e. The predicted molar refractivity (Wildman–Crippen MR) is 86.2 cm³/mol. The van der Waals surface area contributed by atoms with E-state index in [2.05, 4.69) is 55.5 Å². The Balaban J connectivity index is 3.40. The van der Waals surface area contributed by atoms with Crippen molar-refractivity contribution in [2.45, 2.75) is 45.4 Å². The van der Waals surface area contributed by atoms with Crippen LogP contribution in [0, 0.1) is 0 Å². The van der Waals surface area contributed by atoms with Gasteiger partial charge >= 0.3 is 0 Å². The summed E-state index contributed by atoms with van der Waals surface area (Å²) in [5.74, 6) is 0. The molecule has 0 aromatic rings. The molecule has 0 fully saturated rings. The van der Waals surface area contributed by atoms with Crippen LogP contribution < -0.4 is 0 Å². The van der Waals surface area contributed by atoms with Gasteiger partial charge in [-0.25, -0.2) is 0 Å². The molecule has 0 aliphatic heterocycles. The highest BCUT2D eigenvalue weighted by atomic mass is 16.2. The van der Waals surface area contributed by atoms with Gasteiger partial charge < -0.3 is 5.11 Å². The molecule has 0 atom stereocenters. The van der Waals surface area contributed by atoms with Crippen LogP contribution in [-0.4, -0.2) is 11.7 Å². The summed E-state index contributed by atoms with van der Waals surface area (Å²) in [5, 5.41) is 8.55. The van der Waals surface area contributed by atoms with Gasteiger partial charge in [-0.3, -0.25) is 0 Å². The lowest BCUT2D eigenvalue weighted by Gasteiger charge is -1.87. The van der Waals surface area contributed by atoms with Crippen LogP contribution in [0.2, 0.25) is 0 Å². The molecule has 0 unspecified atom stereocenters. The second-order valence-corrected chi connectivity index (χ2v) is 4.23. The van der Waals surface area contributed by atoms with Gasteiger partial charge in [-0.15, -0.1) is 0 Å². The number of rotatable bonds is 11. The van der Waals surface area contributed by atoms with Crippen molar-refractivity contribution < 1.29 is 5.11 Å². The van der Waals surface area contributed by atoms with Crippen molar-refractivity contribution in [1.29, 1.82) is 0 Å². The molecule has 1 N–H and O–H groups in total. The summed E-state index contributed by atoms with van der Waals surface area (Å²) in [7, 11) is 0. The quantitative estimate of drug-likeness (QED) is 0.404. The normalized spacial score (nSPS) is 13.2. The Kier molecular flexibility index (Phi) is 15.5. The smallest absolute Gasteiger partial charge is 0.0612 e. The second-order valence-electron chi connectivity index (χ2n) is 4.23. The van der Waals surface area contributed by atoms with Gasteiger partial charge in [-0.1, -0.05) is 67.7 Å². The molecular formula is C18H28O. The number of hydrogen-bond donors (Lipinski definition) is 1. The molecule has 0 radical (unpaired) electrons. The number of hydrogen-bond acceptors (Lipinski definition) is 1. The van der Waals surface area contributed by atoms with Crippen molar-refractivity contribution in [2.75, 3.05) is 6.61 Å². The molecule has 19 heavy (non-hydrogen) atoms. The highest BCUT2D eigenvalue weighted by Crippen LogP contribution is 1.97. The van der Waals surface area contributed by atoms with Crippen LogP contribution in [-0.2, 0) is 0 Å². The zero-order valence-electron chi connectivity index (χ0n) is 12.2. The lowest BCUT2D eigenvalue weighted by molar-refractivity contribution is 0.342. The Morgan fingerprint density at radius 1 is 0.579 bits per heavy atom. The van der Waals surface area contributed by atoms with Crippen molar-refractivity contribution >= 4 is 0 Å². The van der Waals surface area contributed by atoms with Gasteiger partial charge in [0.1, 0.15) is 0 Å². The van der Waals surface area contributed by atoms with E-state index in [1.54, 1.807) is 6.08 Å². The van der Waals surface area contributed by atoms with Gasteiger partial charge in [0.05, 0.1) is 6.61 Å². The molecule has 0 heterocycles. The average molecular weight is 260 g/mol. The molecular weight excluding hydrogens is 232 g/mol. The zero-order valence-corrected chi connectivity index (χ0v) is 12.2. The van der Waals surface area contributed by atoms with Crippen LogP contribution in [0.5, 0.6) is 0 Å². The van der Waals surface area contributed by atoms with Gasteiger partial charge in [0.25, 0.3) is 0 Å². The Hall–Kier alpha value is -1.34. The third kappa shape index (κ3) is 16.7.